The normalized spacial score (nSPS) is 21.3. The number of hydrogen-bond acceptors (Lipinski definition) is 6. The first kappa shape index (κ1) is 21.6. The molecule has 0 amide bonds. The SMILES string of the molecule is CCOC(=O)C1=NN(c2ccc(C)cc2)C2(C=C(c3ccccc3)OC2=O)C1c1ccccc1. The number of anilines is 1. The van der Waals surface area contributed by atoms with E-state index in [4.69, 9.17) is 14.6 Å². The first-order valence-corrected chi connectivity index (χ1v) is 11.2. The number of esters is 2. The topological polar surface area (TPSA) is 68.2 Å². The number of carbonyl (C=O) groups excluding carboxylic acids is 2. The van der Waals surface area contributed by atoms with Crippen molar-refractivity contribution < 1.29 is 19.1 Å². The second-order valence-corrected chi connectivity index (χ2v) is 8.29. The molecule has 0 saturated carbocycles. The lowest BCUT2D eigenvalue weighted by atomic mass is 9.76. The van der Waals surface area contributed by atoms with Gasteiger partial charge in [-0.1, -0.05) is 78.4 Å². The van der Waals surface area contributed by atoms with E-state index in [0.29, 0.717) is 11.4 Å². The largest absolute Gasteiger partial charge is 0.461 e. The minimum Gasteiger partial charge on any atom is -0.461 e. The van der Waals surface area contributed by atoms with E-state index in [-0.39, 0.29) is 12.3 Å². The third kappa shape index (κ3) is 3.48. The molecular weight excluding hydrogens is 428 g/mol. The summed E-state index contributed by atoms with van der Waals surface area (Å²) in [5.41, 5.74) is 2.06. The van der Waals surface area contributed by atoms with Crippen molar-refractivity contribution in [3.8, 4) is 0 Å². The van der Waals surface area contributed by atoms with Gasteiger partial charge in [0.1, 0.15) is 5.76 Å². The number of nitrogens with zero attached hydrogens (tertiary/aromatic N) is 2. The Morgan fingerprint density at radius 1 is 1.00 bits per heavy atom. The monoisotopic (exact) mass is 452 g/mol. The first-order valence-electron chi connectivity index (χ1n) is 11.2. The van der Waals surface area contributed by atoms with Crippen LogP contribution in [0.1, 0.15) is 29.5 Å². The number of hydrazone groups is 1. The van der Waals surface area contributed by atoms with E-state index in [0.717, 1.165) is 16.7 Å². The predicted octanol–water partition coefficient (Wildman–Crippen LogP) is 4.85. The summed E-state index contributed by atoms with van der Waals surface area (Å²) in [4.78, 5) is 26.9. The molecule has 0 radical (unpaired) electrons. The van der Waals surface area contributed by atoms with Gasteiger partial charge in [-0.15, -0.1) is 0 Å². The lowest BCUT2D eigenvalue weighted by molar-refractivity contribution is -0.139. The molecule has 0 aliphatic carbocycles. The van der Waals surface area contributed by atoms with Gasteiger partial charge in [-0.05, 0) is 37.6 Å². The maximum Gasteiger partial charge on any atom is 0.355 e. The maximum absolute atomic E-state index is 13.8. The minimum atomic E-state index is -1.39. The number of aryl methyl sites for hydroxylation is 1. The molecule has 0 aromatic heterocycles. The highest BCUT2D eigenvalue weighted by Crippen LogP contribution is 2.49. The molecule has 0 N–H and O–H groups in total. The predicted molar refractivity (Wildman–Crippen MR) is 130 cm³/mol. The van der Waals surface area contributed by atoms with Gasteiger partial charge in [-0.25, -0.2) is 14.6 Å². The van der Waals surface area contributed by atoms with Gasteiger partial charge in [0.2, 0.25) is 0 Å². The van der Waals surface area contributed by atoms with E-state index < -0.39 is 23.4 Å². The second-order valence-electron chi connectivity index (χ2n) is 8.29. The van der Waals surface area contributed by atoms with Gasteiger partial charge in [-0.3, -0.25) is 0 Å². The van der Waals surface area contributed by atoms with Crippen molar-refractivity contribution in [1.82, 2.24) is 0 Å². The molecule has 3 aromatic carbocycles. The van der Waals surface area contributed by atoms with Crippen molar-refractivity contribution in [3.05, 3.63) is 108 Å². The summed E-state index contributed by atoms with van der Waals surface area (Å²) in [6.07, 6.45) is 1.79. The van der Waals surface area contributed by atoms with Crippen LogP contribution >= 0.6 is 0 Å². The Labute approximate surface area is 198 Å². The fourth-order valence-electron chi connectivity index (χ4n) is 4.52. The molecule has 2 aliphatic heterocycles. The molecule has 6 nitrogen and oxygen atoms in total. The van der Waals surface area contributed by atoms with Crippen molar-refractivity contribution >= 4 is 29.1 Å². The van der Waals surface area contributed by atoms with Crippen molar-refractivity contribution in [1.29, 1.82) is 0 Å². The Kier molecular flexibility index (Phi) is 5.49. The van der Waals surface area contributed by atoms with E-state index in [1.807, 2.05) is 91.9 Å². The molecule has 34 heavy (non-hydrogen) atoms. The van der Waals surface area contributed by atoms with Crippen LogP contribution in [0.4, 0.5) is 5.69 Å². The zero-order chi connectivity index (χ0) is 23.7. The van der Waals surface area contributed by atoms with Gasteiger partial charge in [0, 0.05) is 5.56 Å². The van der Waals surface area contributed by atoms with Crippen LogP contribution in [0.3, 0.4) is 0 Å². The van der Waals surface area contributed by atoms with Gasteiger partial charge in [-0.2, -0.15) is 5.10 Å². The number of hydrogen-bond donors (Lipinski definition) is 0. The van der Waals surface area contributed by atoms with Gasteiger partial charge in [0.25, 0.3) is 0 Å². The van der Waals surface area contributed by atoms with E-state index in [1.165, 1.54) is 0 Å². The molecule has 170 valence electrons. The maximum atomic E-state index is 13.8. The summed E-state index contributed by atoms with van der Waals surface area (Å²) in [6, 6.07) is 26.5. The standard InChI is InChI=1S/C28H24N2O4/c1-3-33-26(31)25-24(21-12-8-5-9-13-21)28(30(29-25)22-16-14-19(2)15-17-22)18-23(34-27(28)32)20-10-6-4-7-11-20/h4-18,24H,3H2,1-2H3. The Bertz CT molecular complexity index is 1280. The van der Waals surface area contributed by atoms with Crippen LogP contribution in [0.25, 0.3) is 5.76 Å². The zero-order valence-corrected chi connectivity index (χ0v) is 19.0. The van der Waals surface area contributed by atoms with Crippen molar-refractivity contribution in [3.63, 3.8) is 0 Å². The average molecular weight is 453 g/mol. The third-order valence-corrected chi connectivity index (χ3v) is 6.11. The Hall–Kier alpha value is -4.19. The number of carbonyl (C=O) groups is 2. The second kappa shape index (κ2) is 8.63. The van der Waals surface area contributed by atoms with Crippen molar-refractivity contribution in [2.45, 2.75) is 25.3 Å². The summed E-state index contributed by atoms with van der Waals surface area (Å²) in [5.74, 6) is -1.34. The lowest BCUT2D eigenvalue weighted by Gasteiger charge is -2.34. The minimum absolute atomic E-state index is 0.163. The quantitative estimate of drug-likeness (QED) is 0.518. The molecule has 2 atom stereocenters. The summed E-state index contributed by atoms with van der Waals surface area (Å²) in [5, 5.41) is 6.31. The molecule has 2 aliphatic rings. The van der Waals surface area contributed by atoms with Crippen LogP contribution in [0.15, 0.2) is 96.1 Å². The molecule has 5 rings (SSSR count). The number of benzene rings is 3. The molecule has 2 unspecified atom stereocenters. The molecular formula is C28H24N2O4. The van der Waals surface area contributed by atoms with Crippen LogP contribution in [0.2, 0.25) is 0 Å². The van der Waals surface area contributed by atoms with E-state index in [2.05, 4.69) is 0 Å². The molecule has 3 aromatic rings. The first-order chi connectivity index (χ1) is 16.5. The van der Waals surface area contributed by atoms with E-state index in [9.17, 15) is 9.59 Å². The molecule has 0 saturated heterocycles. The highest BCUT2D eigenvalue weighted by atomic mass is 16.5. The smallest absolute Gasteiger partial charge is 0.355 e. The number of ether oxygens (including phenoxy) is 2. The highest BCUT2D eigenvalue weighted by molar-refractivity contribution is 6.41. The molecule has 2 heterocycles. The van der Waals surface area contributed by atoms with E-state index >= 15 is 0 Å². The molecule has 6 heteroatoms. The van der Waals surface area contributed by atoms with Crippen LogP contribution in [0.5, 0.6) is 0 Å². The van der Waals surface area contributed by atoms with Crippen molar-refractivity contribution in [2.75, 3.05) is 11.6 Å². The van der Waals surface area contributed by atoms with Crippen LogP contribution in [-0.2, 0) is 19.1 Å². The van der Waals surface area contributed by atoms with Gasteiger partial charge in [0.15, 0.2) is 11.3 Å². The number of cyclic esters (lactones) is 1. The average Bonchev–Trinajstić information content (AvgIpc) is 3.39. The summed E-state index contributed by atoms with van der Waals surface area (Å²) in [6.45, 7) is 3.93. The molecule has 0 bridgehead atoms. The summed E-state index contributed by atoms with van der Waals surface area (Å²) < 4.78 is 11.2. The number of rotatable bonds is 5. The van der Waals surface area contributed by atoms with Crippen LogP contribution < -0.4 is 5.01 Å². The summed E-state index contributed by atoms with van der Waals surface area (Å²) >= 11 is 0. The fraction of sp³-hybridized carbons (Fsp3) is 0.179. The van der Waals surface area contributed by atoms with Crippen molar-refractivity contribution in [2.24, 2.45) is 5.10 Å². The van der Waals surface area contributed by atoms with E-state index in [1.54, 1.807) is 18.0 Å². The zero-order valence-electron chi connectivity index (χ0n) is 19.0. The van der Waals surface area contributed by atoms with Crippen LogP contribution in [0, 0.1) is 6.92 Å². The van der Waals surface area contributed by atoms with Gasteiger partial charge in [0.05, 0.1) is 18.2 Å². The van der Waals surface area contributed by atoms with Crippen LogP contribution in [-0.4, -0.2) is 29.8 Å². The fourth-order valence-corrected chi connectivity index (χ4v) is 4.52. The van der Waals surface area contributed by atoms with Gasteiger partial charge >= 0.3 is 11.9 Å². The molecule has 1 spiro atoms. The lowest BCUT2D eigenvalue weighted by Crippen LogP contribution is -2.51. The highest BCUT2D eigenvalue weighted by Gasteiger charge is 2.62. The van der Waals surface area contributed by atoms with Gasteiger partial charge < -0.3 is 9.47 Å². The Balaban J connectivity index is 1.75. The summed E-state index contributed by atoms with van der Waals surface area (Å²) in [7, 11) is 0. The Morgan fingerprint density at radius 3 is 2.29 bits per heavy atom. The Morgan fingerprint density at radius 2 is 1.65 bits per heavy atom. The third-order valence-electron chi connectivity index (χ3n) is 6.11. The molecule has 0 fully saturated rings.